The smallest absolute Gasteiger partial charge is 0.164 e. The maximum absolute atomic E-state index is 13.8. The third-order valence-electron chi connectivity index (χ3n) is 5.89. The number of rotatable bonds is 2. The molecule has 0 spiro atoms. The first-order chi connectivity index (χ1) is 16.7. The number of benzene rings is 3. The fraction of sp³-hybridized carbons (Fsp3) is 0.312. The Labute approximate surface area is 233 Å². The van der Waals surface area contributed by atoms with Gasteiger partial charge in [0.1, 0.15) is 11.6 Å². The summed E-state index contributed by atoms with van der Waals surface area (Å²) in [7, 11) is 0. The van der Waals surface area contributed by atoms with Crippen molar-refractivity contribution < 1.29 is 34.4 Å². The molecule has 4 aromatic rings. The van der Waals surface area contributed by atoms with Crippen molar-refractivity contribution in [2.24, 2.45) is 10.8 Å². The predicted octanol–water partition coefficient (Wildman–Crippen LogP) is 8.70. The number of fused-ring (bicyclic) bond motifs is 3. The number of aryl methyl sites for hydroxylation is 2. The molecule has 0 saturated heterocycles. The van der Waals surface area contributed by atoms with Gasteiger partial charge in [-0.2, -0.15) is 0 Å². The molecule has 1 heterocycles. The van der Waals surface area contributed by atoms with Crippen LogP contribution in [-0.2, 0) is 24.9 Å². The van der Waals surface area contributed by atoms with Crippen LogP contribution in [0.4, 0.5) is 4.39 Å². The zero-order valence-electron chi connectivity index (χ0n) is 22.8. The van der Waals surface area contributed by atoms with E-state index in [4.69, 9.17) is 0 Å². The Morgan fingerprint density at radius 2 is 1.54 bits per heavy atom. The summed E-state index contributed by atoms with van der Waals surface area (Å²) in [6.45, 7) is 15.2. The standard InChI is InChI=1S/C21H15FN.C11H20O2.Ir/c1-13-9-14(2)11-17(10-13)21-20-16(7-8-23-21)4-3-15-5-6-18(22)12-19(15)20;1-10(2,3)8(12)7-9(13)11(4,5)6;/h3-10,12H,1-2H3;7,12H,1-6H3;/q-1;;/b;8-7-;. The second-order valence-corrected chi connectivity index (χ2v) is 11.3. The molecule has 197 valence electrons. The summed E-state index contributed by atoms with van der Waals surface area (Å²) in [6.07, 6.45) is 3.13. The molecule has 1 radical (unpaired) electrons. The van der Waals surface area contributed by atoms with Gasteiger partial charge in [-0.05, 0) is 45.4 Å². The number of aliphatic hydroxyl groups excluding tert-OH is 1. The molecular formula is C32H35FIrNO2-. The van der Waals surface area contributed by atoms with Crippen molar-refractivity contribution in [1.29, 1.82) is 0 Å². The van der Waals surface area contributed by atoms with Gasteiger partial charge in [0.2, 0.25) is 0 Å². The monoisotopic (exact) mass is 677 g/mol. The molecule has 0 saturated carbocycles. The Morgan fingerprint density at radius 3 is 2.14 bits per heavy atom. The molecule has 5 heteroatoms. The minimum Gasteiger partial charge on any atom is -0.512 e. The second kappa shape index (κ2) is 11.7. The largest absolute Gasteiger partial charge is 0.512 e. The fourth-order valence-electron chi connectivity index (χ4n) is 3.75. The molecule has 0 aliphatic rings. The number of aliphatic hydroxyl groups is 1. The van der Waals surface area contributed by atoms with Gasteiger partial charge in [0.05, 0.1) is 0 Å². The van der Waals surface area contributed by atoms with Gasteiger partial charge >= 0.3 is 0 Å². The predicted molar refractivity (Wildman–Crippen MR) is 148 cm³/mol. The van der Waals surface area contributed by atoms with Gasteiger partial charge in [0.15, 0.2) is 5.78 Å². The van der Waals surface area contributed by atoms with Gasteiger partial charge in [-0.15, -0.1) is 34.9 Å². The van der Waals surface area contributed by atoms with E-state index >= 15 is 0 Å². The zero-order chi connectivity index (χ0) is 26.8. The third kappa shape index (κ3) is 7.56. The van der Waals surface area contributed by atoms with Crippen molar-refractivity contribution in [3.05, 3.63) is 89.6 Å². The van der Waals surface area contributed by atoms with Gasteiger partial charge < -0.3 is 10.1 Å². The third-order valence-corrected chi connectivity index (χ3v) is 5.89. The van der Waals surface area contributed by atoms with Crippen LogP contribution in [0.1, 0.15) is 52.7 Å². The Kier molecular flexibility index (Phi) is 9.57. The van der Waals surface area contributed by atoms with Crippen LogP contribution in [0.15, 0.2) is 66.6 Å². The van der Waals surface area contributed by atoms with Crippen LogP contribution < -0.4 is 0 Å². The second-order valence-electron chi connectivity index (χ2n) is 11.3. The van der Waals surface area contributed by atoms with E-state index in [1.165, 1.54) is 17.7 Å². The van der Waals surface area contributed by atoms with Crippen molar-refractivity contribution in [2.45, 2.75) is 55.4 Å². The Morgan fingerprint density at radius 1 is 0.919 bits per heavy atom. The topological polar surface area (TPSA) is 50.2 Å². The average molecular weight is 677 g/mol. The number of allylic oxidation sites excluding steroid dienone is 2. The SMILES string of the molecule is CC(C)(C)C(=O)/C=C(\O)C(C)(C)C.Cc1[c-]c(-c2nccc3ccc4ccc(F)cc4c23)cc(C)c1.[Ir]. The number of nitrogens with zero attached hydrogens (tertiary/aromatic N) is 1. The molecule has 3 aromatic carbocycles. The number of halogens is 1. The van der Waals surface area contributed by atoms with Crippen molar-refractivity contribution in [3.63, 3.8) is 0 Å². The summed E-state index contributed by atoms with van der Waals surface area (Å²) in [4.78, 5) is 16.1. The maximum atomic E-state index is 13.8. The molecule has 0 amide bonds. The molecule has 0 bridgehead atoms. The van der Waals surface area contributed by atoms with Gasteiger partial charge in [-0.25, -0.2) is 4.39 Å². The molecule has 1 aromatic heterocycles. The summed E-state index contributed by atoms with van der Waals surface area (Å²) >= 11 is 0. The van der Waals surface area contributed by atoms with Crippen molar-refractivity contribution >= 4 is 27.3 Å². The van der Waals surface area contributed by atoms with Crippen LogP contribution in [0.25, 0.3) is 32.8 Å². The van der Waals surface area contributed by atoms with Gasteiger partial charge in [0.25, 0.3) is 0 Å². The first-order valence-electron chi connectivity index (χ1n) is 12.1. The van der Waals surface area contributed by atoms with E-state index in [1.807, 2.05) is 66.7 Å². The molecule has 37 heavy (non-hydrogen) atoms. The van der Waals surface area contributed by atoms with E-state index in [-0.39, 0.29) is 42.9 Å². The zero-order valence-corrected chi connectivity index (χ0v) is 25.2. The number of carbonyl (C=O) groups excluding carboxylic acids is 1. The number of pyridine rings is 1. The van der Waals surface area contributed by atoms with Crippen LogP contribution in [0.3, 0.4) is 0 Å². The van der Waals surface area contributed by atoms with Crippen molar-refractivity contribution in [1.82, 2.24) is 4.98 Å². The summed E-state index contributed by atoms with van der Waals surface area (Å²) in [5, 5.41) is 13.5. The first-order valence-corrected chi connectivity index (χ1v) is 12.1. The number of aromatic nitrogens is 1. The molecule has 0 fully saturated rings. The summed E-state index contributed by atoms with van der Waals surface area (Å²) < 4.78 is 13.8. The number of hydrogen-bond acceptors (Lipinski definition) is 3. The van der Waals surface area contributed by atoms with Crippen LogP contribution >= 0.6 is 0 Å². The molecule has 3 nitrogen and oxygen atoms in total. The van der Waals surface area contributed by atoms with Crippen molar-refractivity contribution in [2.75, 3.05) is 0 Å². The van der Waals surface area contributed by atoms with E-state index in [9.17, 15) is 14.3 Å². The molecule has 4 rings (SSSR count). The fourth-order valence-corrected chi connectivity index (χ4v) is 3.75. The van der Waals surface area contributed by atoms with Gasteiger partial charge in [-0.1, -0.05) is 73.6 Å². The Bertz CT molecular complexity index is 1440. The number of ketones is 1. The maximum Gasteiger partial charge on any atom is 0.164 e. The Balaban J connectivity index is 0.000000299. The average Bonchev–Trinajstić information content (AvgIpc) is 2.77. The van der Waals surface area contributed by atoms with Gasteiger partial charge in [-0.3, -0.25) is 4.79 Å². The minimum atomic E-state index is -0.417. The molecular weight excluding hydrogens is 642 g/mol. The van der Waals surface area contributed by atoms with Crippen molar-refractivity contribution in [3.8, 4) is 11.3 Å². The molecule has 1 N–H and O–H groups in total. The minimum absolute atomic E-state index is 0. The van der Waals surface area contributed by atoms with Crippen LogP contribution in [0.2, 0.25) is 0 Å². The molecule has 0 unspecified atom stereocenters. The van der Waals surface area contributed by atoms with E-state index in [1.54, 1.807) is 12.3 Å². The van der Waals surface area contributed by atoms with E-state index < -0.39 is 5.41 Å². The van der Waals surface area contributed by atoms with Crippen LogP contribution in [-0.4, -0.2) is 15.9 Å². The van der Waals surface area contributed by atoms with Crippen LogP contribution in [0.5, 0.6) is 0 Å². The Hall–Kier alpha value is -2.88. The van der Waals surface area contributed by atoms with E-state index in [0.717, 1.165) is 38.4 Å². The van der Waals surface area contributed by atoms with E-state index in [0.29, 0.717) is 0 Å². The first kappa shape index (κ1) is 30.3. The van der Waals surface area contributed by atoms with E-state index in [2.05, 4.69) is 36.2 Å². The number of carbonyl (C=O) groups is 1. The van der Waals surface area contributed by atoms with Crippen LogP contribution in [0, 0.1) is 36.6 Å². The van der Waals surface area contributed by atoms with Gasteiger partial charge in [0, 0.05) is 43.2 Å². The molecule has 0 aliphatic carbocycles. The summed E-state index contributed by atoms with van der Waals surface area (Å²) in [6, 6.07) is 18.5. The quantitative estimate of drug-likeness (QED) is 0.100. The number of hydrogen-bond donors (Lipinski definition) is 1. The molecule has 0 atom stereocenters. The summed E-state index contributed by atoms with van der Waals surface area (Å²) in [5.74, 6) is -0.128. The molecule has 0 aliphatic heterocycles. The summed E-state index contributed by atoms with van der Waals surface area (Å²) in [5.41, 5.74) is 3.28. The normalized spacial score (nSPS) is 12.1.